The topological polar surface area (TPSA) is 134 Å². The fourth-order valence-electron chi connectivity index (χ4n) is 4.10. The molecule has 3 heterocycles. The van der Waals surface area contributed by atoms with Gasteiger partial charge in [-0.3, -0.25) is 9.89 Å². The number of hydrogen-bond donors (Lipinski definition) is 4. The number of carbonyl (C=O) groups is 1. The van der Waals surface area contributed by atoms with E-state index in [-0.39, 0.29) is 17.6 Å². The minimum absolute atomic E-state index is 0.199. The average molecular weight is 489 g/mol. The first-order valence-corrected chi connectivity index (χ1v) is 11.8. The van der Waals surface area contributed by atoms with Gasteiger partial charge in [0.2, 0.25) is 5.82 Å². The van der Waals surface area contributed by atoms with E-state index >= 15 is 0 Å². The number of anilines is 1. The number of aromatic amines is 1. The van der Waals surface area contributed by atoms with Crippen molar-refractivity contribution < 1.29 is 4.79 Å². The second-order valence-electron chi connectivity index (χ2n) is 8.47. The van der Waals surface area contributed by atoms with Gasteiger partial charge in [-0.1, -0.05) is 35.9 Å². The van der Waals surface area contributed by atoms with Gasteiger partial charge in [-0.05, 0) is 49.2 Å². The highest BCUT2D eigenvalue weighted by molar-refractivity contribution is 6.30. The summed E-state index contributed by atoms with van der Waals surface area (Å²) < 4.78 is 0. The van der Waals surface area contributed by atoms with E-state index in [0.29, 0.717) is 34.3 Å². The number of nitrogens with one attached hydrogen (secondary N) is 3. The number of benzene rings is 2. The number of amides is 1. The first-order chi connectivity index (χ1) is 17.1. The van der Waals surface area contributed by atoms with Crippen LogP contribution in [0.2, 0.25) is 5.02 Å². The Morgan fingerprint density at radius 2 is 2.06 bits per heavy atom. The van der Waals surface area contributed by atoms with Crippen LogP contribution in [0.3, 0.4) is 0 Å². The Balaban J connectivity index is 1.35. The van der Waals surface area contributed by atoms with Crippen LogP contribution in [0.1, 0.15) is 40.5 Å². The van der Waals surface area contributed by atoms with Crippen molar-refractivity contribution in [1.29, 1.82) is 0 Å². The summed E-state index contributed by atoms with van der Waals surface area (Å²) in [5.41, 5.74) is 9.27. The Kier molecular flexibility index (Phi) is 6.69. The third-order valence-electron chi connectivity index (χ3n) is 5.96. The zero-order chi connectivity index (χ0) is 24.2. The molecule has 1 unspecified atom stereocenters. The van der Waals surface area contributed by atoms with E-state index in [1.165, 1.54) is 0 Å². The number of aromatic nitrogens is 5. The van der Waals surface area contributed by atoms with E-state index in [9.17, 15) is 4.79 Å². The Morgan fingerprint density at radius 3 is 2.89 bits per heavy atom. The zero-order valence-electron chi connectivity index (χ0n) is 19.0. The molecule has 9 nitrogen and oxygen atoms in total. The molecule has 0 bridgehead atoms. The maximum atomic E-state index is 12.8. The minimum Gasteiger partial charge on any atom is -0.382 e. The number of piperidine rings is 1. The van der Waals surface area contributed by atoms with E-state index in [0.717, 1.165) is 42.9 Å². The molecule has 2 aromatic heterocycles. The first-order valence-electron chi connectivity index (χ1n) is 11.5. The molecule has 4 aromatic rings. The molecule has 1 amide bonds. The molecule has 0 spiro atoms. The molecular formula is C25H25ClN8O. The molecule has 2 aromatic carbocycles. The highest BCUT2D eigenvalue weighted by Crippen LogP contribution is 2.26. The predicted molar refractivity (Wildman–Crippen MR) is 135 cm³/mol. The van der Waals surface area contributed by atoms with Gasteiger partial charge in [0.05, 0.1) is 11.9 Å². The van der Waals surface area contributed by atoms with Crippen LogP contribution in [0.5, 0.6) is 0 Å². The monoisotopic (exact) mass is 488 g/mol. The molecule has 1 aliphatic rings. The van der Waals surface area contributed by atoms with E-state index in [2.05, 4.69) is 35.8 Å². The lowest BCUT2D eigenvalue weighted by molar-refractivity contribution is 0.0951. The fourth-order valence-corrected chi connectivity index (χ4v) is 4.31. The lowest BCUT2D eigenvalue weighted by Crippen LogP contribution is -2.28. The van der Waals surface area contributed by atoms with Gasteiger partial charge in [0.1, 0.15) is 5.82 Å². The second-order valence-corrected chi connectivity index (χ2v) is 8.91. The zero-order valence-corrected chi connectivity index (χ0v) is 19.7. The van der Waals surface area contributed by atoms with Gasteiger partial charge in [0.15, 0.2) is 11.5 Å². The summed E-state index contributed by atoms with van der Waals surface area (Å²) in [4.78, 5) is 26.4. The van der Waals surface area contributed by atoms with E-state index in [1.54, 1.807) is 24.4 Å². The van der Waals surface area contributed by atoms with E-state index in [1.807, 2.05) is 30.3 Å². The van der Waals surface area contributed by atoms with Gasteiger partial charge in [0, 0.05) is 35.2 Å². The van der Waals surface area contributed by atoms with Crippen molar-refractivity contribution >= 4 is 23.3 Å². The van der Waals surface area contributed by atoms with E-state index < -0.39 is 0 Å². The molecule has 5 rings (SSSR count). The molecule has 1 fully saturated rings. The number of hydrogen-bond acceptors (Lipinski definition) is 7. The fraction of sp³-hybridized carbons (Fsp3) is 0.240. The first kappa shape index (κ1) is 22.9. The van der Waals surface area contributed by atoms with Crippen molar-refractivity contribution in [1.82, 2.24) is 35.8 Å². The molecule has 0 aliphatic carbocycles. The van der Waals surface area contributed by atoms with Crippen LogP contribution in [-0.2, 0) is 6.54 Å². The van der Waals surface area contributed by atoms with Crippen LogP contribution in [0.4, 0.5) is 5.82 Å². The molecule has 5 N–H and O–H groups in total. The second kappa shape index (κ2) is 10.2. The summed E-state index contributed by atoms with van der Waals surface area (Å²) in [6.45, 7) is 2.26. The van der Waals surface area contributed by atoms with Gasteiger partial charge in [-0.2, -0.15) is 5.10 Å². The van der Waals surface area contributed by atoms with Crippen LogP contribution in [0.25, 0.3) is 22.8 Å². The molecule has 35 heavy (non-hydrogen) atoms. The Morgan fingerprint density at radius 1 is 1.17 bits per heavy atom. The Labute approximate surface area is 207 Å². The van der Waals surface area contributed by atoms with Crippen LogP contribution in [-0.4, -0.2) is 44.1 Å². The minimum atomic E-state index is -0.199. The van der Waals surface area contributed by atoms with Crippen molar-refractivity contribution in [2.24, 2.45) is 0 Å². The number of nitrogens with two attached hydrogens (primary N) is 1. The molecule has 1 atom stereocenters. The molecule has 0 radical (unpaired) electrons. The number of halogens is 1. The summed E-state index contributed by atoms with van der Waals surface area (Å²) in [6, 6.07) is 14.6. The molecule has 10 heteroatoms. The largest absolute Gasteiger partial charge is 0.382 e. The predicted octanol–water partition coefficient (Wildman–Crippen LogP) is 3.56. The molecule has 1 saturated heterocycles. The molecule has 1 aliphatic heterocycles. The number of carbonyl (C=O) groups excluding carboxylic acids is 1. The van der Waals surface area contributed by atoms with Gasteiger partial charge < -0.3 is 16.4 Å². The SMILES string of the molecule is Nc1ncc(-c2cccc(C(=O)NCc3cccc(Cl)c3)c2)nc1-c1n[nH]c(C2CCCNC2)n1. The van der Waals surface area contributed by atoms with Crippen molar-refractivity contribution in [3.05, 3.63) is 76.7 Å². The van der Waals surface area contributed by atoms with Gasteiger partial charge in [0.25, 0.3) is 5.91 Å². The van der Waals surface area contributed by atoms with Gasteiger partial charge in [-0.15, -0.1) is 0 Å². The van der Waals surface area contributed by atoms with Crippen LogP contribution < -0.4 is 16.4 Å². The summed E-state index contributed by atoms with van der Waals surface area (Å²) in [7, 11) is 0. The normalized spacial score (nSPS) is 15.6. The summed E-state index contributed by atoms with van der Waals surface area (Å²) in [5.74, 6) is 1.56. The highest BCUT2D eigenvalue weighted by Gasteiger charge is 2.21. The van der Waals surface area contributed by atoms with Crippen LogP contribution in [0.15, 0.2) is 54.7 Å². The van der Waals surface area contributed by atoms with Crippen LogP contribution in [0, 0.1) is 0 Å². The number of rotatable bonds is 6. The molecule has 0 saturated carbocycles. The van der Waals surface area contributed by atoms with Crippen LogP contribution >= 0.6 is 11.6 Å². The number of H-pyrrole nitrogens is 1. The highest BCUT2D eigenvalue weighted by atomic mass is 35.5. The lowest BCUT2D eigenvalue weighted by atomic mass is 9.99. The lowest BCUT2D eigenvalue weighted by Gasteiger charge is -2.20. The van der Waals surface area contributed by atoms with Crippen molar-refractivity contribution in [3.63, 3.8) is 0 Å². The quantitative estimate of drug-likeness (QED) is 0.326. The third-order valence-corrected chi connectivity index (χ3v) is 6.20. The molecular weight excluding hydrogens is 464 g/mol. The van der Waals surface area contributed by atoms with Crippen molar-refractivity contribution in [3.8, 4) is 22.8 Å². The maximum Gasteiger partial charge on any atom is 0.251 e. The summed E-state index contributed by atoms with van der Waals surface area (Å²) >= 11 is 6.03. The van der Waals surface area contributed by atoms with Crippen molar-refractivity contribution in [2.75, 3.05) is 18.8 Å². The molecule has 178 valence electrons. The summed E-state index contributed by atoms with van der Waals surface area (Å²) in [6.07, 6.45) is 3.73. The van der Waals surface area contributed by atoms with E-state index in [4.69, 9.17) is 17.3 Å². The Bertz CT molecular complexity index is 1350. The van der Waals surface area contributed by atoms with Gasteiger partial charge in [-0.25, -0.2) is 15.0 Å². The number of nitrogens with zero attached hydrogens (tertiary/aromatic N) is 4. The van der Waals surface area contributed by atoms with Crippen molar-refractivity contribution in [2.45, 2.75) is 25.3 Å². The summed E-state index contributed by atoms with van der Waals surface area (Å²) in [5, 5.41) is 14.3. The van der Waals surface area contributed by atoms with Gasteiger partial charge >= 0.3 is 0 Å². The standard InChI is InChI=1S/C25H25ClN8O/c26-19-8-1-4-15(10-19)12-30-25(35)17-6-2-5-16(11-17)20-14-29-22(27)21(31-20)24-32-23(33-34-24)18-7-3-9-28-13-18/h1-2,4-6,8,10-11,14,18,28H,3,7,9,12-13H2,(H2,27,29)(H,30,35)(H,32,33,34). The average Bonchev–Trinajstić information content (AvgIpc) is 3.38. The maximum absolute atomic E-state index is 12.8. The smallest absolute Gasteiger partial charge is 0.251 e. The Hall–Kier alpha value is -3.82. The number of nitrogen functional groups attached to an aromatic ring is 1. The third kappa shape index (κ3) is 5.31.